The summed E-state index contributed by atoms with van der Waals surface area (Å²) >= 11 is 3.38. The summed E-state index contributed by atoms with van der Waals surface area (Å²) in [6.07, 6.45) is 3.32. The Morgan fingerprint density at radius 1 is 0.971 bits per heavy atom. The van der Waals surface area contributed by atoms with Gasteiger partial charge in [-0.15, -0.1) is 0 Å². The fraction of sp³-hybridized carbons (Fsp3) is 0.333. The number of benzene rings is 2. The van der Waals surface area contributed by atoms with Crippen molar-refractivity contribution < 1.29 is 23.9 Å². The highest BCUT2D eigenvalue weighted by molar-refractivity contribution is 9.10. The minimum Gasteiger partial charge on any atom is -0.426 e. The van der Waals surface area contributed by atoms with Gasteiger partial charge in [0.25, 0.3) is 0 Å². The van der Waals surface area contributed by atoms with Crippen molar-refractivity contribution in [3.05, 3.63) is 64.1 Å². The number of carbonyl (C=O) groups is 4. The standard InChI is InChI=1S/C27H25BrN2O5/c1-15-3-9-21-22(11-15)26(33)30(25(21)32)23-10-8-20(12-16(23)2)35-27(34)17-13-24(31)29(14-17)19-6-4-18(28)5-7-19/h3-8,10,12,17,21-22H,9,11,13-14H2,1-2H3/t17-,21-,22-/m0/s1. The number of allylic oxidation sites excluding steroid dienone is 2. The van der Waals surface area contributed by atoms with Crippen LogP contribution in [0.3, 0.4) is 0 Å². The van der Waals surface area contributed by atoms with Crippen molar-refractivity contribution in [3.63, 3.8) is 0 Å². The van der Waals surface area contributed by atoms with Crippen LogP contribution in [0.1, 0.15) is 31.7 Å². The molecule has 2 aromatic rings. The zero-order valence-corrected chi connectivity index (χ0v) is 21.1. The van der Waals surface area contributed by atoms with E-state index in [9.17, 15) is 19.2 Å². The Morgan fingerprint density at radius 2 is 1.69 bits per heavy atom. The summed E-state index contributed by atoms with van der Waals surface area (Å²) in [6.45, 7) is 4.03. The highest BCUT2D eigenvalue weighted by Crippen LogP contribution is 2.41. The molecule has 0 saturated carbocycles. The van der Waals surface area contributed by atoms with Gasteiger partial charge < -0.3 is 9.64 Å². The Balaban J connectivity index is 1.28. The zero-order valence-electron chi connectivity index (χ0n) is 19.5. The first-order valence-electron chi connectivity index (χ1n) is 11.6. The van der Waals surface area contributed by atoms with Gasteiger partial charge in [0, 0.05) is 23.1 Å². The minimum absolute atomic E-state index is 0.0823. The average molecular weight is 537 g/mol. The topological polar surface area (TPSA) is 84.0 Å². The number of esters is 1. The van der Waals surface area contributed by atoms with E-state index in [1.807, 2.05) is 37.3 Å². The molecular formula is C27H25BrN2O5. The molecular weight excluding hydrogens is 512 g/mol. The van der Waals surface area contributed by atoms with Crippen LogP contribution in [0.25, 0.3) is 0 Å². The first kappa shape index (κ1) is 23.5. The van der Waals surface area contributed by atoms with Crippen molar-refractivity contribution in [1.82, 2.24) is 0 Å². The van der Waals surface area contributed by atoms with Gasteiger partial charge in [0.05, 0.1) is 23.4 Å². The molecule has 0 spiro atoms. The van der Waals surface area contributed by atoms with Gasteiger partial charge in [0.2, 0.25) is 17.7 Å². The summed E-state index contributed by atoms with van der Waals surface area (Å²) in [6, 6.07) is 12.2. The number of carbonyl (C=O) groups excluding carboxylic acids is 4. The van der Waals surface area contributed by atoms with Crippen LogP contribution in [0.5, 0.6) is 5.75 Å². The molecule has 0 radical (unpaired) electrons. The predicted octanol–water partition coefficient (Wildman–Crippen LogP) is 4.56. The van der Waals surface area contributed by atoms with Crippen LogP contribution >= 0.6 is 15.9 Å². The van der Waals surface area contributed by atoms with Crippen LogP contribution in [0, 0.1) is 24.7 Å². The van der Waals surface area contributed by atoms with Crippen molar-refractivity contribution in [2.24, 2.45) is 17.8 Å². The van der Waals surface area contributed by atoms with Gasteiger partial charge in [0.1, 0.15) is 5.75 Å². The summed E-state index contributed by atoms with van der Waals surface area (Å²) in [5, 5.41) is 0. The lowest BCUT2D eigenvalue weighted by molar-refractivity contribution is -0.139. The van der Waals surface area contributed by atoms with E-state index in [1.54, 1.807) is 30.0 Å². The van der Waals surface area contributed by atoms with E-state index in [1.165, 1.54) is 4.90 Å². The van der Waals surface area contributed by atoms with E-state index >= 15 is 0 Å². The second kappa shape index (κ2) is 9.07. The molecule has 5 rings (SSSR count). The van der Waals surface area contributed by atoms with Crippen molar-refractivity contribution in [2.45, 2.75) is 33.1 Å². The van der Waals surface area contributed by atoms with Gasteiger partial charge in [-0.2, -0.15) is 0 Å². The molecule has 2 fully saturated rings. The lowest BCUT2D eigenvalue weighted by Gasteiger charge is -2.19. The van der Waals surface area contributed by atoms with Crippen LogP contribution in [0.2, 0.25) is 0 Å². The number of hydrogen-bond acceptors (Lipinski definition) is 5. The van der Waals surface area contributed by atoms with E-state index in [0.29, 0.717) is 29.8 Å². The maximum Gasteiger partial charge on any atom is 0.316 e. The molecule has 0 unspecified atom stereocenters. The van der Waals surface area contributed by atoms with Crippen LogP contribution < -0.4 is 14.5 Å². The highest BCUT2D eigenvalue weighted by atomic mass is 79.9. The molecule has 3 atom stereocenters. The van der Waals surface area contributed by atoms with Gasteiger partial charge in [0.15, 0.2) is 0 Å². The number of nitrogens with zero attached hydrogens (tertiary/aromatic N) is 2. The summed E-state index contributed by atoms with van der Waals surface area (Å²) in [7, 11) is 0. The Kier molecular flexibility index (Phi) is 6.09. The normalized spacial score (nSPS) is 24.0. The van der Waals surface area contributed by atoms with Gasteiger partial charge in [-0.1, -0.05) is 27.6 Å². The number of aryl methyl sites for hydroxylation is 1. The molecule has 0 aromatic heterocycles. The number of ether oxygens (including phenoxy) is 1. The van der Waals surface area contributed by atoms with Crippen molar-refractivity contribution in [3.8, 4) is 5.75 Å². The Hall–Kier alpha value is -3.26. The van der Waals surface area contributed by atoms with Gasteiger partial charge >= 0.3 is 5.97 Å². The molecule has 35 heavy (non-hydrogen) atoms. The number of rotatable bonds is 4. The lowest BCUT2D eigenvalue weighted by atomic mass is 9.82. The van der Waals surface area contributed by atoms with Crippen LogP contribution in [-0.4, -0.2) is 30.2 Å². The quantitative estimate of drug-likeness (QED) is 0.247. The molecule has 2 heterocycles. The van der Waals surface area contributed by atoms with Crippen LogP contribution in [-0.2, 0) is 19.2 Å². The number of hydrogen-bond donors (Lipinski definition) is 0. The molecule has 1 aliphatic carbocycles. The third kappa shape index (κ3) is 4.31. The van der Waals surface area contributed by atoms with E-state index in [4.69, 9.17) is 4.74 Å². The van der Waals surface area contributed by atoms with E-state index in [-0.39, 0.29) is 42.5 Å². The largest absolute Gasteiger partial charge is 0.426 e. The summed E-state index contributed by atoms with van der Waals surface area (Å²) in [4.78, 5) is 54.2. The molecule has 0 bridgehead atoms. The number of anilines is 2. The fourth-order valence-corrected chi connectivity index (χ4v) is 5.42. The number of amides is 3. The van der Waals surface area contributed by atoms with Crippen molar-refractivity contribution >= 4 is 51.0 Å². The maximum atomic E-state index is 13.0. The molecule has 180 valence electrons. The zero-order chi connectivity index (χ0) is 24.9. The smallest absolute Gasteiger partial charge is 0.316 e. The van der Waals surface area contributed by atoms with E-state index < -0.39 is 11.9 Å². The van der Waals surface area contributed by atoms with E-state index in [2.05, 4.69) is 15.9 Å². The number of fused-ring (bicyclic) bond motifs is 1. The van der Waals surface area contributed by atoms with Crippen LogP contribution in [0.15, 0.2) is 58.6 Å². The molecule has 8 heteroatoms. The van der Waals surface area contributed by atoms with Gasteiger partial charge in [-0.3, -0.25) is 19.2 Å². The monoisotopic (exact) mass is 536 g/mol. The SMILES string of the molecule is CC1=CC[C@@H]2C(=O)N(c3ccc(OC(=O)[C@H]4CC(=O)N(c5ccc(Br)cc5)C4)cc3C)C(=O)[C@H]2C1. The Bertz CT molecular complexity index is 1270. The highest BCUT2D eigenvalue weighted by Gasteiger charge is 2.49. The number of halogens is 1. The van der Waals surface area contributed by atoms with E-state index in [0.717, 1.165) is 15.7 Å². The molecule has 7 nitrogen and oxygen atoms in total. The molecule has 0 N–H and O–H groups in total. The maximum absolute atomic E-state index is 13.0. The Morgan fingerprint density at radius 3 is 2.40 bits per heavy atom. The van der Waals surface area contributed by atoms with Crippen molar-refractivity contribution in [1.29, 1.82) is 0 Å². The fourth-order valence-electron chi connectivity index (χ4n) is 5.15. The average Bonchev–Trinajstić information content (AvgIpc) is 3.32. The summed E-state index contributed by atoms with van der Waals surface area (Å²) in [5.41, 5.74) is 3.06. The van der Waals surface area contributed by atoms with Crippen molar-refractivity contribution in [2.75, 3.05) is 16.3 Å². The third-order valence-corrected chi connectivity index (χ3v) is 7.58. The molecule has 2 aromatic carbocycles. The third-order valence-electron chi connectivity index (χ3n) is 7.05. The molecule has 3 amide bonds. The predicted molar refractivity (Wildman–Crippen MR) is 134 cm³/mol. The lowest BCUT2D eigenvalue weighted by Crippen LogP contribution is -2.31. The molecule has 3 aliphatic rings. The number of imide groups is 1. The van der Waals surface area contributed by atoms with Gasteiger partial charge in [-0.05, 0) is 74.7 Å². The summed E-state index contributed by atoms with van der Waals surface area (Å²) in [5.74, 6) is -1.82. The van der Waals surface area contributed by atoms with Crippen LogP contribution in [0.4, 0.5) is 11.4 Å². The molecule has 2 saturated heterocycles. The minimum atomic E-state index is -0.577. The summed E-state index contributed by atoms with van der Waals surface area (Å²) < 4.78 is 6.50. The van der Waals surface area contributed by atoms with Gasteiger partial charge in [-0.25, -0.2) is 4.90 Å². The molecule has 2 aliphatic heterocycles. The first-order valence-corrected chi connectivity index (χ1v) is 12.4. The Labute approximate surface area is 211 Å². The second-order valence-corrected chi connectivity index (χ2v) is 10.4. The first-order chi connectivity index (χ1) is 16.7. The second-order valence-electron chi connectivity index (χ2n) is 9.47.